The van der Waals surface area contributed by atoms with Gasteiger partial charge in [-0.1, -0.05) is 74.0 Å². The van der Waals surface area contributed by atoms with Crippen molar-refractivity contribution in [3.8, 4) is 0 Å². The summed E-state index contributed by atoms with van der Waals surface area (Å²) < 4.78 is 0. The van der Waals surface area contributed by atoms with Crippen molar-refractivity contribution in [2.75, 3.05) is 12.8 Å². The third-order valence-electron chi connectivity index (χ3n) is 3.70. The van der Waals surface area contributed by atoms with E-state index in [1.165, 1.54) is 29.7 Å². The molecule has 0 amide bonds. The standard InChI is InChI=1S/C19H25NS/c1-3-4-15-21-19(17-13-9-6-10-14-17)18(20-2)16-11-7-5-8-12-16/h5-14,18-20H,3-4,15H2,1-2H3. The van der Waals surface area contributed by atoms with E-state index in [1.807, 2.05) is 0 Å². The first kappa shape index (κ1) is 16.1. The van der Waals surface area contributed by atoms with Crippen molar-refractivity contribution in [1.29, 1.82) is 0 Å². The highest BCUT2D eigenvalue weighted by atomic mass is 32.2. The molecule has 0 aliphatic rings. The Morgan fingerprint density at radius 2 is 1.48 bits per heavy atom. The first-order valence-corrected chi connectivity index (χ1v) is 8.80. The van der Waals surface area contributed by atoms with Crippen molar-refractivity contribution in [3.05, 3.63) is 71.8 Å². The number of hydrogen-bond acceptors (Lipinski definition) is 2. The average molecular weight is 299 g/mol. The highest BCUT2D eigenvalue weighted by Crippen LogP contribution is 2.40. The van der Waals surface area contributed by atoms with Crippen LogP contribution < -0.4 is 5.32 Å². The van der Waals surface area contributed by atoms with E-state index in [0.717, 1.165) is 0 Å². The fourth-order valence-corrected chi connectivity index (χ4v) is 4.08. The summed E-state index contributed by atoms with van der Waals surface area (Å²) in [5.74, 6) is 1.21. The van der Waals surface area contributed by atoms with Crippen LogP contribution >= 0.6 is 11.8 Å². The predicted molar refractivity (Wildman–Crippen MR) is 94.8 cm³/mol. The summed E-state index contributed by atoms with van der Waals surface area (Å²) >= 11 is 2.06. The molecule has 2 aromatic rings. The summed E-state index contributed by atoms with van der Waals surface area (Å²) in [5, 5.41) is 3.97. The number of rotatable bonds is 8. The molecule has 21 heavy (non-hydrogen) atoms. The second-order valence-corrected chi connectivity index (χ2v) is 6.48. The van der Waals surface area contributed by atoms with Crippen molar-refractivity contribution in [2.24, 2.45) is 0 Å². The number of thioether (sulfide) groups is 1. The van der Waals surface area contributed by atoms with Gasteiger partial charge >= 0.3 is 0 Å². The van der Waals surface area contributed by atoms with Crippen molar-refractivity contribution in [1.82, 2.24) is 5.32 Å². The summed E-state index contributed by atoms with van der Waals surface area (Å²) in [5.41, 5.74) is 2.76. The van der Waals surface area contributed by atoms with Crippen molar-refractivity contribution in [2.45, 2.75) is 31.1 Å². The topological polar surface area (TPSA) is 12.0 Å². The average Bonchev–Trinajstić information content (AvgIpc) is 2.56. The molecule has 0 bridgehead atoms. The van der Waals surface area contributed by atoms with Gasteiger partial charge in [-0.05, 0) is 30.3 Å². The molecule has 0 aliphatic heterocycles. The summed E-state index contributed by atoms with van der Waals surface area (Å²) in [4.78, 5) is 0. The zero-order chi connectivity index (χ0) is 14.9. The van der Waals surface area contributed by atoms with E-state index in [0.29, 0.717) is 11.3 Å². The van der Waals surface area contributed by atoms with E-state index in [2.05, 4.69) is 91.7 Å². The van der Waals surface area contributed by atoms with Crippen LogP contribution in [0, 0.1) is 0 Å². The molecular formula is C19H25NS. The molecule has 1 N–H and O–H groups in total. The van der Waals surface area contributed by atoms with Gasteiger partial charge in [-0.25, -0.2) is 0 Å². The highest BCUT2D eigenvalue weighted by molar-refractivity contribution is 7.99. The minimum absolute atomic E-state index is 0.343. The highest BCUT2D eigenvalue weighted by Gasteiger charge is 2.23. The van der Waals surface area contributed by atoms with Crippen molar-refractivity contribution < 1.29 is 0 Å². The van der Waals surface area contributed by atoms with E-state index in [4.69, 9.17) is 0 Å². The quantitative estimate of drug-likeness (QED) is 0.671. The minimum atomic E-state index is 0.343. The maximum atomic E-state index is 3.52. The van der Waals surface area contributed by atoms with Gasteiger partial charge in [0.25, 0.3) is 0 Å². The molecule has 112 valence electrons. The van der Waals surface area contributed by atoms with Crippen LogP contribution in [0.15, 0.2) is 60.7 Å². The third-order valence-corrected chi connectivity index (χ3v) is 5.12. The lowest BCUT2D eigenvalue weighted by Crippen LogP contribution is -2.22. The molecule has 1 nitrogen and oxygen atoms in total. The van der Waals surface area contributed by atoms with E-state index in [9.17, 15) is 0 Å². The zero-order valence-corrected chi connectivity index (χ0v) is 13.8. The van der Waals surface area contributed by atoms with Gasteiger partial charge in [0, 0.05) is 11.3 Å². The first-order valence-electron chi connectivity index (χ1n) is 7.75. The zero-order valence-electron chi connectivity index (χ0n) is 13.0. The number of nitrogens with one attached hydrogen (secondary N) is 1. The SMILES string of the molecule is CCCCSC(c1ccccc1)C(NC)c1ccccc1. The molecule has 0 fully saturated rings. The summed E-state index contributed by atoms with van der Waals surface area (Å²) in [6.45, 7) is 2.25. The van der Waals surface area contributed by atoms with Crippen LogP contribution in [0.5, 0.6) is 0 Å². The normalized spacial score (nSPS) is 13.8. The molecular weight excluding hydrogens is 274 g/mol. The molecule has 0 aromatic heterocycles. The molecule has 0 spiro atoms. The first-order chi connectivity index (χ1) is 10.4. The van der Waals surface area contributed by atoms with E-state index in [-0.39, 0.29) is 0 Å². The van der Waals surface area contributed by atoms with Gasteiger partial charge in [0.05, 0.1) is 0 Å². The Morgan fingerprint density at radius 1 is 0.905 bits per heavy atom. The van der Waals surface area contributed by atoms with Crippen LogP contribution in [0.4, 0.5) is 0 Å². The van der Waals surface area contributed by atoms with Crippen LogP contribution in [-0.4, -0.2) is 12.8 Å². The number of benzene rings is 2. The Kier molecular flexibility index (Phi) is 6.84. The van der Waals surface area contributed by atoms with Gasteiger partial charge in [-0.2, -0.15) is 11.8 Å². The molecule has 2 heteroatoms. The number of hydrogen-bond donors (Lipinski definition) is 1. The summed E-state index contributed by atoms with van der Waals surface area (Å²) in [6.07, 6.45) is 2.53. The third kappa shape index (κ3) is 4.62. The Hall–Kier alpha value is -1.25. The van der Waals surface area contributed by atoms with Crippen LogP contribution in [0.3, 0.4) is 0 Å². The van der Waals surface area contributed by atoms with Crippen LogP contribution in [0.25, 0.3) is 0 Å². The summed E-state index contributed by atoms with van der Waals surface area (Å²) in [6, 6.07) is 22.0. The van der Waals surface area contributed by atoms with Crippen LogP contribution in [0.2, 0.25) is 0 Å². The largest absolute Gasteiger partial charge is 0.312 e. The minimum Gasteiger partial charge on any atom is -0.312 e. The molecule has 0 saturated heterocycles. The fraction of sp³-hybridized carbons (Fsp3) is 0.368. The lowest BCUT2D eigenvalue weighted by atomic mass is 9.98. The lowest BCUT2D eigenvalue weighted by molar-refractivity contribution is 0.581. The van der Waals surface area contributed by atoms with Gasteiger partial charge in [0.1, 0.15) is 0 Å². The summed E-state index contributed by atoms with van der Waals surface area (Å²) in [7, 11) is 2.06. The fourth-order valence-electron chi connectivity index (χ4n) is 2.54. The van der Waals surface area contributed by atoms with E-state index >= 15 is 0 Å². The monoisotopic (exact) mass is 299 g/mol. The second-order valence-electron chi connectivity index (χ2n) is 5.23. The Balaban J connectivity index is 2.24. The van der Waals surface area contributed by atoms with Crippen LogP contribution in [0.1, 0.15) is 42.2 Å². The molecule has 2 atom stereocenters. The molecule has 0 radical (unpaired) electrons. The predicted octanol–water partition coefficient (Wildman–Crippen LogP) is 5.22. The smallest absolute Gasteiger partial charge is 0.0492 e. The molecule has 2 aromatic carbocycles. The molecule has 0 saturated carbocycles. The van der Waals surface area contributed by atoms with Gasteiger partial charge in [-0.15, -0.1) is 0 Å². The van der Waals surface area contributed by atoms with Crippen LogP contribution in [-0.2, 0) is 0 Å². The maximum absolute atomic E-state index is 3.52. The number of unbranched alkanes of at least 4 members (excludes halogenated alkanes) is 1. The van der Waals surface area contributed by atoms with Gasteiger partial charge in [0.2, 0.25) is 0 Å². The second kappa shape index (κ2) is 8.91. The number of likely N-dealkylation sites (N-methyl/N-ethyl adjacent to an activating group) is 1. The molecule has 0 heterocycles. The van der Waals surface area contributed by atoms with E-state index in [1.54, 1.807) is 0 Å². The Morgan fingerprint density at radius 3 is 2.00 bits per heavy atom. The van der Waals surface area contributed by atoms with Crippen molar-refractivity contribution in [3.63, 3.8) is 0 Å². The van der Waals surface area contributed by atoms with Gasteiger partial charge < -0.3 is 5.32 Å². The lowest BCUT2D eigenvalue weighted by Gasteiger charge is -2.27. The molecule has 2 unspecified atom stereocenters. The molecule has 0 aliphatic carbocycles. The molecule has 2 rings (SSSR count). The van der Waals surface area contributed by atoms with Gasteiger partial charge in [0.15, 0.2) is 0 Å². The Bertz CT molecular complexity index is 497. The van der Waals surface area contributed by atoms with Crippen molar-refractivity contribution >= 4 is 11.8 Å². The van der Waals surface area contributed by atoms with E-state index < -0.39 is 0 Å². The van der Waals surface area contributed by atoms with Gasteiger partial charge in [-0.3, -0.25) is 0 Å². The Labute approximate surface area is 133 Å². The maximum Gasteiger partial charge on any atom is 0.0492 e.